The van der Waals surface area contributed by atoms with Crippen LogP contribution in [-0.4, -0.2) is 66.5 Å². The number of nitrogens with zero attached hydrogens (tertiary/aromatic N) is 2. The summed E-state index contributed by atoms with van der Waals surface area (Å²) in [6.07, 6.45) is 0.419. The fraction of sp³-hybridized carbons (Fsp3) is 0.476. The van der Waals surface area contributed by atoms with E-state index in [2.05, 4.69) is 24.6 Å². The second-order valence-corrected chi connectivity index (χ2v) is 8.29. The number of amides is 2. The van der Waals surface area contributed by atoms with Crippen LogP contribution in [0, 0.1) is 11.6 Å². The first-order valence-corrected chi connectivity index (χ1v) is 11.8. The van der Waals surface area contributed by atoms with Crippen LogP contribution in [0.4, 0.5) is 23.4 Å². The molecule has 1 aromatic carbocycles. The monoisotopic (exact) mass is 536 g/mol. The minimum Gasteiger partial charge on any atom is -0.469 e. The van der Waals surface area contributed by atoms with E-state index in [9.17, 15) is 18.4 Å². The van der Waals surface area contributed by atoms with E-state index in [-0.39, 0.29) is 28.3 Å². The van der Waals surface area contributed by atoms with E-state index in [0.717, 1.165) is 50.3 Å². The Morgan fingerprint density at radius 3 is 2.57 bits per heavy atom. The summed E-state index contributed by atoms with van der Waals surface area (Å²) in [5.41, 5.74) is -0.403. The zero-order chi connectivity index (χ0) is 25.8. The summed E-state index contributed by atoms with van der Waals surface area (Å²) >= 11 is 6.36. The van der Waals surface area contributed by atoms with Gasteiger partial charge in [-0.15, -0.1) is 4.37 Å². The van der Waals surface area contributed by atoms with E-state index in [1.165, 1.54) is 0 Å². The highest BCUT2D eigenvalue weighted by atomic mass is 35.5. The van der Waals surface area contributed by atoms with Crippen molar-refractivity contribution >= 4 is 40.3 Å². The molecule has 0 aliphatic heterocycles. The predicted octanol–water partition coefficient (Wildman–Crippen LogP) is 4.01. The minimum absolute atomic E-state index is 0.0278. The molecule has 0 spiro atoms. The molecule has 1 aromatic heterocycles. The lowest BCUT2D eigenvalue weighted by molar-refractivity contribution is 0.119. The summed E-state index contributed by atoms with van der Waals surface area (Å²) < 4.78 is 46.8. The van der Waals surface area contributed by atoms with Crippen LogP contribution < -0.4 is 20.1 Å². The molecule has 14 heteroatoms. The summed E-state index contributed by atoms with van der Waals surface area (Å²) in [6.45, 7) is 4.12. The number of hydrogen-bond donors (Lipinski definition) is 3. The van der Waals surface area contributed by atoms with E-state index >= 15 is 0 Å². The third-order valence-electron chi connectivity index (χ3n) is 4.71. The Labute approximate surface area is 210 Å². The number of anilines is 1. The molecule has 2 rings (SSSR count). The van der Waals surface area contributed by atoms with Gasteiger partial charge in [0.05, 0.1) is 19.3 Å². The Kier molecular flexibility index (Phi) is 11.9. The number of aliphatic hydroxyl groups excluding tert-OH is 1. The van der Waals surface area contributed by atoms with Gasteiger partial charge in [-0.05, 0) is 49.6 Å². The average Bonchev–Trinajstić information content (AvgIpc) is 3.17. The molecular formula is C21H27ClF2N4O6S. The number of urea groups is 1. The highest BCUT2D eigenvalue weighted by Gasteiger charge is 2.23. The van der Waals surface area contributed by atoms with Gasteiger partial charge in [-0.3, -0.25) is 5.32 Å². The van der Waals surface area contributed by atoms with Crippen molar-refractivity contribution in [3.8, 4) is 11.6 Å². The summed E-state index contributed by atoms with van der Waals surface area (Å²) in [5, 5.41) is 14.1. The van der Waals surface area contributed by atoms with Crippen molar-refractivity contribution in [1.29, 1.82) is 0 Å². The summed E-state index contributed by atoms with van der Waals surface area (Å²) in [7, 11) is 1.08. The lowest BCUT2D eigenvalue weighted by Crippen LogP contribution is -2.31. The van der Waals surface area contributed by atoms with E-state index in [4.69, 9.17) is 26.2 Å². The molecule has 2 amide bonds. The van der Waals surface area contributed by atoms with E-state index in [0.29, 0.717) is 19.5 Å². The number of aliphatic hydroxyl groups is 1. The van der Waals surface area contributed by atoms with Crippen LogP contribution >= 0.6 is 23.1 Å². The van der Waals surface area contributed by atoms with Crippen molar-refractivity contribution < 1.29 is 37.7 Å². The molecule has 0 aliphatic carbocycles. The maximum Gasteiger partial charge on any atom is 0.513 e. The number of ether oxygens (including phenoxy) is 3. The van der Waals surface area contributed by atoms with E-state index in [1.807, 2.05) is 6.92 Å². The molecule has 0 bridgehead atoms. The number of carbonyl (C=O) groups excluding carboxylic acids is 2. The van der Waals surface area contributed by atoms with E-state index < -0.39 is 36.0 Å². The van der Waals surface area contributed by atoms with E-state index in [1.54, 1.807) is 0 Å². The topological polar surface area (TPSA) is 122 Å². The van der Waals surface area contributed by atoms with Gasteiger partial charge in [0.15, 0.2) is 5.00 Å². The Morgan fingerprint density at radius 1 is 1.23 bits per heavy atom. The van der Waals surface area contributed by atoms with Crippen molar-refractivity contribution in [1.82, 2.24) is 14.6 Å². The molecular weight excluding hydrogens is 510 g/mol. The normalized spacial score (nSPS) is 10.8. The molecule has 0 aliphatic rings. The molecule has 1 heterocycles. The second kappa shape index (κ2) is 14.6. The maximum absolute atomic E-state index is 14.0. The Bertz CT molecular complexity index is 974. The molecule has 10 nitrogen and oxygen atoms in total. The number of rotatable bonds is 13. The summed E-state index contributed by atoms with van der Waals surface area (Å²) in [6, 6.07) is 1.28. The molecule has 194 valence electrons. The fourth-order valence-electron chi connectivity index (χ4n) is 2.88. The average molecular weight is 537 g/mol. The quantitative estimate of drug-likeness (QED) is 0.259. The number of hydrogen-bond acceptors (Lipinski definition) is 9. The Balaban J connectivity index is 1.98. The van der Waals surface area contributed by atoms with Gasteiger partial charge < -0.3 is 29.5 Å². The largest absolute Gasteiger partial charge is 0.513 e. The van der Waals surface area contributed by atoms with Crippen LogP contribution in [0.15, 0.2) is 12.1 Å². The summed E-state index contributed by atoms with van der Waals surface area (Å²) in [4.78, 5) is 26.0. The molecule has 0 saturated heterocycles. The number of halogens is 3. The van der Waals surface area contributed by atoms with Gasteiger partial charge in [-0.1, -0.05) is 18.5 Å². The molecule has 2 aromatic rings. The molecule has 0 unspecified atom stereocenters. The van der Waals surface area contributed by atoms with Crippen LogP contribution in [0.2, 0.25) is 5.02 Å². The number of nitrogens with one attached hydrogen (secondary N) is 2. The second-order valence-electron chi connectivity index (χ2n) is 7.08. The predicted molar refractivity (Wildman–Crippen MR) is 126 cm³/mol. The summed E-state index contributed by atoms with van der Waals surface area (Å²) in [5.74, 6) is -2.38. The molecule has 0 radical (unpaired) electrons. The van der Waals surface area contributed by atoms with Gasteiger partial charge >= 0.3 is 12.2 Å². The molecule has 3 N–H and O–H groups in total. The standard InChI is InChI=1S/C21H27ClF2N4O6S/c1-3-28(8-9-29)7-5-4-6-25-20(30)26-19-17(34-21(31)32-2)18(27-35-19)33-12-14-15(23)10-13(22)11-16(14)24/h10-11,29H,3-9,12H2,1-2H3,(H2,25,26,30). The van der Waals surface area contributed by atoms with Gasteiger partial charge in [-0.2, -0.15) is 0 Å². The van der Waals surface area contributed by atoms with Gasteiger partial charge in [-0.25, -0.2) is 18.4 Å². The minimum atomic E-state index is -1.11. The van der Waals surface area contributed by atoms with Gasteiger partial charge in [0.25, 0.3) is 5.88 Å². The lowest BCUT2D eigenvalue weighted by Gasteiger charge is -2.18. The number of methoxy groups -OCH3 is 1. The molecule has 0 fully saturated rings. The first-order chi connectivity index (χ1) is 16.8. The number of unbranched alkanes of at least 4 members (excludes halogenated alkanes) is 1. The van der Waals surface area contributed by atoms with Crippen LogP contribution in [-0.2, 0) is 11.3 Å². The van der Waals surface area contributed by atoms with Crippen LogP contribution in [0.5, 0.6) is 11.6 Å². The zero-order valence-electron chi connectivity index (χ0n) is 19.2. The van der Waals surface area contributed by atoms with Gasteiger partial charge in [0.2, 0.25) is 5.75 Å². The lowest BCUT2D eigenvalue weighted by atomic mass is 10.2. The van der Waals surface area contributed by atoms with Gasteiger partial charge in [0, 0.05) is 18.1 Å². The molecule has 0 saturated carbocycles. The smallest absolute Gasteiger partial charge is 0.469 e. The van der Waals surface area contributed by atoms with Crippen molar-refractivity contribution in [2.24, 2.45) is 0 Å². The molecule has 0 atom stereocenters. The van der Waals surface area contributed by atoms with Crippen molar-refractivity contribution in [2.45, 2.75) is 26.4 Å². The number of aromatic nitrogens is 1. The SMILES string of the molecule is CCN(CCO)CCCCNC(=O)Nc1snc(OCc2c(F)cc(Cl)cc2F)c1OC(=O)OC. The number of benzene rings is 1. The van der Waals surface area contributed by atoms with Crippen LogP contribution in [0.3, 0.4) is 0 Å². The highest BCUT2D eigenvalue weighted by Crippen LogP contribution is 2.39. The maximum atomic E-state index is 14.0. The van der Waals surface area contributed by atoms with Crippen molar-refractivity contribution in [3.63, 3.8) is 0 Å². The third-order valence-corrected chi connectivity index (χ3v) is 5.65. The number of likely N-dealkylation sites (N-methyl/N-ethyl adjacent to an activating group) is 1. The van der Waals surface area contributed by atoms with Crippen molar-refractivity contribution in [3.05, 3.63) is 34.4 Å². The first kappa shape index (κ1) is 28.5. The van der Waals surface area contributed by atoms with Gasteiger partial charge in [0.1, 0.15) is 18.2 Å². The van der Waals surface area contributed by atoms with Crippen LogP contribution in [0.25, 0.3) is 0 Å². The zero-order valence-corrected chi connectivity index (χ0v) is 20.8. The van der Waals surface area contributed by atoms with Crippen molar-refractivity contribution in [2.75, 3.05) is 45.2 Å². The Morgan fingerprint density at radius 2 is 1.94 bits per heavy atom. The third kappa shape index (κ3) is 9.09. The Hall–Kier alpha value is -2.74. The van der Waals surface area contributed by atoms with Crippen LogP contribution in [0.1, 0.15) is 25.3 Å². The fourth-order valence-corrected chi connectivity index (χ4v) is 3.73. The highest BCUT2D eigenvalue weighted by molar-refractivity contribution is 7.11. The molecule has 35 heavy (non-hydrogen) atoms. The number of carbonyl (C=O) groups is 2. The first-order valence-electron chi connectivity index (χ1n) is 10.7.